The Morgan fingerprint density at radius 2 is 1.62 bits per heavy atom. The first kappa shape index (κ1) is 9.63. The molecule has 16 heavy (non-hydrogen) atoms. The first-order valence-electron chi connectivity index (χ1n) is 5.36. The first-order chi connectivity index (χ1) is 7.84. The van der Waals surface area contributed by atoms with Gasteiger partial charge in [-0.15, -0.1) is 0 Å². The highest BCUT2D eigenvalue weighted by molar-refractivity contribution is 5.86. The van der Waals surface area contributed by atoms with Crippen molar-refractivity contribution in [2.75, 3.05) is 18.9 Å². The highest BCUT2D eigenvalue weighted by atomic mass is 16.7. The fraction of sp³-hybridized carbons (Fsp3) is 0.231. The summed E-state index contributed by atoms with van der Waals surface area (Å²) in [5.74, 6) is 0. The van der Waals surface area contributed by atoms with Crippen LogP contribution in [0.5, 0.6) is 0 Å². The Bertz CT molecular complexity index is 518. The second-order valence-corrected chi connectivity index (χ2v) is 3.90. The molecule has 1 aliphatic heterocycles. The van der Waals surface area contributed by atoms with Gasteiger partial charge in [-0.1, -0.05) is 24.3 Å². The van der Waals surface area contributed by atoms with Crippen molar-refractivity contribution < 1.29 is 9.47 Å². The van der Waals surface area contributed by atoms with E-state index < -0.39 is 0 Å². The normalized spacial score (nSPS) is 17.0. The maximum absolute atomic E-state index is 6.01. The lowest BCUT2D eigenvalue weighted by atomic mass is 10.0. The Labute approximate surface area is 93.8 Å². The number of hydrogen-bond donors (Lipinski definition) is 1. The maximum Gasteiger partial charge on any atom is 0.186 e. The maximum atomic E-state index is 6.01. The van der Waals surface area contributed by atoms with Gasteiger partial charge in [0.05, 0.1) is 13.2 Å². The molecule has 1 heterocycles. The number of benzene rings is 2. The van der Waals surface area contributed by atoms with Crippen molar-refractivity contribution in [1.82, 2.24) is 0 Å². The van der Waals surface area contributed by atoms with Gasteiger partial charge in [-0.3, -0.25) is 0 Å². The zero-order valence-corrected chi connectivity index (χ0v) is 8.85. The molecule has 2 aromatic carbocycles. The third-order valence-corrected chi connectivity index (χ3v) is 2.83. The van der Waals surface area contributed by atoms with E-state index in [2.05, 4.69) is 6.07 Å². The van der Waals surface area contributed by atoms with Crippen LogP contribution in [0.2, 0.25) is 0 Å². The van der Waals surface area contributed by atoms with E-state index in [0.29, 0.717) is 13.2 Å². The average molecular weight is 215 g/mol. The fourth-order valence-electron chi connectivity index (χ4n) is 2.02. The highest BCUT2D eigenvalue weighted by Gasteiger charge is 2.20. The fourth-order valence-corrected chi connectivity index (χ4v) is 2.02. The Morgan fingerprint density at radius 1 is 1.00 bits per heavy atom. The number of anilines is 1. The van der Waals surface area contributed by atoms with Crippen molar-refractivity contribution in [3.05, 3.63) is 42.0 Å². The van der Waals surface area contributed by atoms with Gasteiger partial charge in [0.2, 0.25) is 0 Å². The number of ether oxygens (including phenoxy) is 2. The minimum absolute atomic E-state index is 0.301. The largest absolute Gasteiger partial charge is 0.398 e. The zero-order chi connectivity index (χ0) is 11.0. The molecule has 82 valence electrons. The summed E-state index contributed by atoms with van der Waals surface area (Å²) in [4.78, 5) is 0. The van der Waals surface area contributed by atoms with Gasteiger partial charge in [-0.25, -0.2) is 0 Å². The van der Waals surface area contributed by atoms with Crippen LogP contribution in [-0.4, -0.2) is 13.2 Å². The monoisotopic (exact) mass is 215 g/mol. The number of hydrogen-bond acceptors (Lipinski definition) is 3. The van der Waals surface area contributed by atoms with Gasteiger partial charge in [0, 0.05) is 11.3 Å². The van der Waals surface area contributed by atoms with Gasteiger partial charge in [0.15, 0.2) is 6.29 Å². The van der Waals surface area contributed by atoms with Crippen LogP contribution in [0, 0.1) is 0 Å². The van der Waals surface area contributed by atoms with E-state index in [1.165, 1.54) is 0 Å². The molecule has 0 atom stereocenters. The topological polar surface area (TPSA) is 44.5 Å². The Balaban J connectivity index is 2.13. The number of fused-ring (bicyclic) bond motifs is 1. The summed E-state index contributed by atoms with van der Waals surface area (Å²) in [6.45, 7) is 1.27. The van der Waals surface area contributed by atoms with E-state index in [4.69, 9.17) is 15.2 Å². The molecule has 2 N–H and O–H groups in total. The van der Waals surface area contributed by atoms with Crippen LogP contribution in [0.1, 0.15) is 11.9 Å². The molecule has 0 bridgehead atoms. The Kier molecular flexibility index (Phi) is 2.27. The van der Waals surface area contributed by atoms with Gasteiger partial charge in [0.1, 0.15) is 0 Å². The summed E-state index contributed by atoms with van der Waals surface area (Å²) in [6, 6.07) is 12.1. The van der Waals surface area contributed by atoms with Crippen LogP contribution < -0.4 is 5.73 Å². The van der Waals surface area contributed by atoms with Gasteiger partial charge in [-0.2, -0.15) is 0 Å². The molecule has 0 amide bonds. The summed E-state index contributed by atoms with van der Waals surface area (Å²) in [5.41, 5.74) is 7.66. The zero-order valence-electron chi connectivity index (χ0n) is 8.85. The van der Waals surface area contributed by atoms with Crippen LogP contribution >= 0.6 is 0 Å². The van der Waals surface area contributed by atoms with Crippen molar-refractivity contribution >= 4 is 16.5 Å². The highest BCUT2D eigenvalue weighted by Crippen LogP contribution is 2.31. The lowest BCUT2D eigenvalue weighted by Crippen LogP contribution is -2.02. The predicted octanol–water partition coefficient (Wildman–Crippen LogP) is 2.47. The molecule has 1 aliphatic rings. The molecule has 3 heteroatoms. The third-order valence-electron chi connectivity index (χ3n) is 2.83. The van der Waals surface area contributed by atoms with Crippen LogP contribution in [0.15, 0.2) is 36.4 Å². The molecule has 0 unspecified atom stereocenters. The Morgan fingerprint density at radius 3 is 2.31 bits per heavy atom. The molecule has 0 aromatic heterocycles. The molecular formula is C13H13NO2. The van der Waals surface area contributed by atoms with Crippen molar-refractivity contribution in [3.63, 3.8) is 0 Å². The van der Waals surface area contributed by atoms with E-state index in [9.17, 15) is 0 Å². The number of nitrogens with two attached hydrogens (primary N) is 1. The van der Waals surface area contributed by atoms with E-state index in [0.717, 1.165) is 22.0 Å². The molecule has 1 fully saturated rings. The number of rotatable bonds is 1. The third kappa shape index (κ3) is 1.54. The molecule has 0 saturated carbocycles. The van der Waals surface area contributed by atoms with Gasteiger partial charge in [0.25, 0.3) is 0 Å². The average Bonchev–Trinajstić information content (AvgIpc) is 2.81. The van der Waals surface area contributed by atoms with Gasteiger partial charge in [-0.05, 0) is 22.9 Å². The summed E-state index contributed by atoms with van der Waals surface area (Å²) in [6.07, 6.45) is -0.301. The van der Waals surface area contributed by atoms with Gasteiger partial charge >= 0.3 is 0 Å². The minimum atomic E-state index is -0.301. The summed E-state index contributed by atoms with van der Waals surface area (Å²) in [7, 11) is 0. The van der Waals surface area contributed by atoms with Crippen LogP contribution in [0.3, 0.4) is 0 Å². The van der Waals surface area contributed by atoms with E-state index in [1.54, 1.807) is 0 Å². The molecule has 0 radical (unpaired) electrons. The van der Waals surface area contributed by atoms with Crippen molar-refractivity contribution in [2.24, 2.45) is 0 Å². The molecule has 3 nitrogen and oxygen atoms in total. The standard InChI is InChI=1S/C13H13NO2/c14-12-8-10-4-2-1-3-9(10)7-11(12)13-15-5-6-16-13/h1-4,7-8,13H,5-6,14H2. The second-order valence-electron chi connectivity index (χ2n) is 3.90. The molecular weight excluding hydrogens is 202 g/mol. The SMILES string of the molecule is Nc1cc2ccccc2cc1C1OCCO1. The minimum Gasteiger partial charge on any atom is -0.398 e. The second kappa shape index (κ2) is 3.77. The van der Waals surface area contributed by atoms with Crippen LogP contribution in [0.25, 0.3) is 10.8 Å². The number of nitrogen functional groups attached to an aromatic ring is 1. The van der Waals surface area contributed by atoms with E-state index >= 15 is 0 Å². The first-order valence-corrected chi connectivity index (χ1v) is 5.36. The molecule has 3 rings (SSSR count). The van der Waals surface area contributed by atoms with Gasteiger partial charge < -0.3 is 15.2 Å². The van der Waals surface area contributed by atoms with Crippen molar-refractivity contribution in [1.29, 1.82) is 0 Å². The van der Waals surface area contributed by atoms with Crippen LogP contribution in [0.4, 0.5) is 5.69 Å². The van der Waals surface area contributed by atoms with Crippen molar-refractivity contribution in [3.8, 4) is 0 Å². The quantitative estimate of drug-likeness (QED) is 0.743. The summed E-state index contributed by atoms with van der Waals surface area (Å²) in [5, 5.41) is 2.30. The lowest BCUT2D eigenvalue weighted by Gasteiger charge is -2.13. The smallest absolute Gasteiger partial charge is 0.186 e. The molecule has 1 saturated heterocycles. The van der Waals surface area contributed by atoms with Crippen molar-refractivity contribution in [2.45, 2.75) is 6.29 Å². The van der Waals surface area contributed by atoms with E-state index in [-0.39, 0.29) is 6.29 Å². The molecule has 0 aliphatic carbocycles. The Hall–Kier alpha value is -1.58. The van der Waals surface area contributed by atoms with Crippen LogP contribution in [-0.2, 0) is 9.47 Å². The summed E-state index contributed by atoms with van der Waals surface area (Å²) >= 11 is 0. The summed E-state index contributed by atoms with van der Waals surface area (Å²) < 4.78 is 10.9. The predicted molar refractivity (Wildman–Crippen MR) is 63.0 cm³/mol. The van der Waals surface area contributed by atoms with E-state index in [1.807, 2.05) is 30.3 Å². The lowest BCUT2D eigenvalue weighted by molar-refractivity contribution is -0.0434. The molecule has 2 aromatic rings. The molecule has 0 spiro atoms.